The fourth-order valence-corrected chi connectivity index (χ4v) is 2.59. The lowest BCUT2D eigenvalue weighted by molar-refractivity contribution is -0.111. The van der Waals surface area contributed by atoms with Crippen molar-refractivity contribution in [3.63, 3.8) is 0 Å². The largest absolute Gasteiger partial charge is 0.493 e. The van der Waals surface area contributed by atoms with Crippen LogP contribution in [0.2, 0.25) is 0 Å². The van der Waals surface area contributed by atoms with Gasteiger partial charge in [-0.1, -0.05) is 29.8 Å². The van der Waals surface area contributed by atoms with E-state index in [0.29, 0.717) is 17.1 Å². The van der Waals surface area contributed by atoms with E-state index in [1.165, 1.54) is 6.08 Å². The number of rotatable bonds is 4. The summed E-state index contributed by atoms with van der Waals surface area (Å²) in [7, 11) is 1.60. The van der Waals surface area contributed by atoms with Gasteiger partial charge in [-0.15, -0.1) is 0 Å². The Hall–Kier alpha value is -3.01. The maximum absolute atomic E-state index is 12.1. The number of hydrogen-bond acceptors (Lipinski definition) is 3. The second-order valence-electron chi connectivity index (χ2n) is 5.67. The van der Waals surface area contributed by atoms with E-state index in [4.69, 9.17) is 9.15 Å². The van der Waals surface area contributed by atoms with Gasteiger partial charge in [0.1, 0.15) is 5.76 Å². The molecule has 3 aromatic rings. The summed E-state index contributed by atoms with van der Waals surface area (Å²) in [5.41, 5.74) is 3.68. The number of hydrogen-bond donors (Lipinski definition) is 1. The van der Waals surface area contributed by atoms with Crippen molar-refractivity contribution in [1.82, 2.24) is 0 Å². The molecule has 0 fully saturated rings. The van der Waals surface area contributed by atoms with E-state index in [0.717, 1.165) is 22.2 Å². The third-order valence-electron chi connectivity index (χ3n) is 3.79. The zero-order chi connectivity index (χ0) is 17.1. The molecule has 1 N–H and O–H groups in total. The van der Waals surface area contributed by atoms with Crippen molar-refractivity contribution >= 4 is 28.6 Å². The van der Waals surface area contributed by atoms with Gasteiger partial charge in [0.2, 0.25) is 5.91 Å². The molecule has 0 aliphatic heterocycles. The Labute approximate surface area is 140 Å². The first-order chi connectivity index (χ1) is 11.6. The Morgan fingerprint density at radius 2 is 2.00 bits per heavy atom. The number of benzene rings is 2. The van der Waals surface area contributed by atoms with Gasteiger partial charge in [0.05, 0.1) is 7.11 Å². The summed E-state index contributed by atoms with van der Waals surface area (Å²) >= 11 is 0. The van der Waals surface area contributed by atoms with Crippen LogP contribution in [0.4, 0.5) is 5.69 Å². The van der Waals surface area contributed by atoms with Gasteiger partial charge in [-0.2, -0.15) is 0 Å². The van der Waals surface area contributed by atoms with Crippen LogP contribution in [0.25, 0.3) is 17.0 Å². The highest BCUT2D eigenvalue weighted by atomic mass is 16.5. The summed E-state index contributed by atoms with van der Waals surface area (Å²) in [6.45, 7) is 3.99. The Morgan fingerprint density at radius 1 is 1.17 bits per heavy atom. The third kappa shape index (κ3) is 3.33. The lowest BCUT2D eigenvalue weighted by atomic mass is 10.1. The average molecular weight is 321 g/mol. The van der Waals surface area contributed by atoms with Gasteiger partial charge in [-0.25, -0.2) is 0 Å². The molecule has 0 unspecified atom stereocenters. The number of anilines is 1. The Morgan fingerprint density at radius 3 is 2.75 bits per heavy atom. The number of furan rings is 1. The molecule has 122 valence electrons. The number of ether oxygens (including phenoxy) is 1. The van der Waals surface area contributed by atoms with Crippen molar-refractivity contribution in [3.8, 4) is 5.75 Å². The molecule has 2 aromatic carbocycles. The maximum atomic E-state index is 12.1. The molecule has 1 aromatic heterocycles. The summed E-state index contributed by atoms with van der Waals surface area (Å²) in [5.74, 6) is 1.08. The van der Waals surface area contributed by atoms with Crippen LogP contribution in [-0.4, -0.2) is 13.0 Å². The first-order valence-electron chi connectivity index (χ1n) is 7.69. The Balaban J connectivity index is 1.76. The van der Waals surface area contributed by atoms with Crippen LogP contribution >= 0.6 is 0 Å². The summed E-state index contributed by atoms with van der Waals surface area (Å²) in [6, 6.07) is 13.5. The molecule has 0 atom stereocenters. The highest BCUT2D eigenvalue weighted by molar-refractivity contribution is 6.02. The molecule has 3 rings (SSSR count). The van der Waals surface area contributed by atoms with Crippen LogP contribution in [0.15, 0.2) is 53.0 Å². The van der Waals surface area contributed by atoms with Gasteiger partial charge >= 0.3 is 0 Å². The van der Waals surface area contributed by atoms with E-state index in [9.17, 15) is 4.79 Å². The molecule has 24 heavy (non-hydrogen) atoms. The number of fused-ring (bicyclic) bond motifs is 1. The zero-order valence-corrected chi connectivity index (χ0v) is 13.9. The second-order valence-corrected chi connectivity index (χ2v) is 5.67. The molecule has 4 heteroatoms. The fraction of sp³-hybridized carbons (Fsp3) is 0.150. The highest BCUT2D eigenvalue weighted by Gasteiger charge is 2.07. The van der Waals surface area contributed by atoms with E-state index < -0.39 is 0 Å². The fourth-order valence-electron chi connectivity index (χ4n) is 2.59. The van der Waals surface area contributed by atoms with Crippen LogP contribution in [0.1, 0.15) is 16.9 Å². The van der Waals surface area contributed by atoms with Crippen LogP contribution in [-0.2, 0) is 4.79 Å². The lowest BCUT2D eigenvalue weighted by Gasteiger charge is -2.06. The first-order valence-corrected chi connectivity index (χ1v) is 7.69. The predicted molar refractivity (Wildman–Crippen MR) is 96.3 cm³/mol. The smallest absolute Gasteiger partial charge is 0.248 e. The quantitative estimate of drug-likeness (QED) is 0.708. The molecule has 0 radical (unpaired) electrons. The van der Waals surface area contributed by atoms with Crippen LogP contribution < -0.4 is 10.1 Å². The number of carbonyl (C=O) groups excluding carboxylic acids is 1. The monoisotopic (exact) mass is 321 g/mol. The summed E-state index contributed by atoms with van der Waals surface area (Å²) in [5, 5.41) is 3.81. The van der Waals surface area contributed by atoms with Crippen molar-refractivity contribution in [2.45, 2.75) is 13.8 Å². The Kier molecular flexibility index (Phi) is 4.38. The normalized spacial score (nSPS) is 11.1. The maximum Gasteiger partial charge on any atom is 0.248 e. The van der Waals surface area contributed by atoms with Crippen LogP contribution in [0, 0.1) is 13.8 Å². The van der Waals surface area contributed by atoms with Crippen molar-refractivity contribution < 1.29 is 13.9 Å². The number of carbonyl (C=O) groups is 1. The SMILES string of the molecule is COc1cccc2cc(/C=C/C(=O)Nc3ccc(C)cc3C)oc12. The molecule has 0 spiro atoms. The first kappa shape index (κ1) is 15.9. The molecule has 0 bridgehead atoms. The molecule has 0 aliphatic rings. The van der Waals surface area contributed by atoms with Gasteiger partial charge in [0, 0.05) is 17.1 Å². The van der Waals surface area contributed by atoms with Gasteiger partial charge in [0.25, 0.3) is 0 Å². The van der Waals surface area contributed by atoms with E-state index >= 15 is 0 Å². The van der Waals surface area contributed by atoms with Gasteiger partial charge in [0.15, 0.2) is 11.3 Å². The number of methoxy groups -OCH3 is 1. The molecule has 0 saturated carbocycles. The van der Waals surface area contributed by atoms with E-state index in [1.54, 1.807) is 13.2 Å². The number of amides is 1. The third-order valence-corrected chi connectivity index (χ3v) is 3.79. The molecule has 0 saturated heterocycles. The number of aryl methyl sites for hydroxylation is 2. The standard InChI is InChI=1S/C20H19NO3/c1-13-7-9-17(14(2)11-13)21-19(22)10-8-16-12-15-5-4-6-18(23-3)20(15)24-16/h4-12H,1-3H3,(H,21,22)/b10-8+. The van der Waals surface area contributed by atoms with Crippen LogP contribution in [0.5, 0.6) is 5.75 Å². The highest BCUT2D eigenvalue weighted by Crippen LogP contribution is 2.28. The van der Waals surface area contributed by atoms with Crippen molar-refractivity contribution in [2.75, 3.05) is 12.4 Å². The zero-order valence-electron chi connectivity index (χ0n) is 13.9. The van der Waals surface area contributed by atoms with E-state index in [2.05, 4.69) is 5.32 Å². The van der Waals surface area contributed by atoms with Gasteiger partial charge in [-0.3, -0.25) is 4.79 Å². The number of para-hydroxylation sites is 1. The topological polar surface area (TPSA) is 51.5 Å². The molecule has 1 heterocycles. The molecular formula is C20H19NO3. The number of nitrogens with one attached hydrogen (secondary N) is 1. The summed E-state index contributed by atoms with van der Waals surface area (Å²) in [6.07, 6.45) is 3.11. The van der Waals surface area contributed by atoms with Crippen LogP contribution in [0.3, 0.4) is 0 Å². The van der Waals surface area contributed by atoms with Crippen molar-refractivity contribution in [3.05, 3.63) is 65.4 Å². The minimum atomic E-state index is -0.200. The van der Waals surface area contributed by atoms with Gasteiger partial charge in [-0.05, 0) is 43.7 Å². The second kappa shape index (κ2) is 6.62. The molecule has 1 amide bonds. The molecular weight excluding hydrogens is 302 g/mol. The molecule has 0 aliphatic carbocycles. The Bertz CT molecular complexity index is 922. The van der Waals surface area contributed by atoms with Crippen molar-refractivity contribution in [2.24, 2.45) is 0 Å². The van der Waals surface area contributed by atoms with E-state index in [-0.39, 0.29) is 5.91 Å². The average Bonchev–Trinajstić information content (AvgIpc) is 2.98. The predicted octanol–water partition coefficient (Wildman–Crippen LogP) is 4.71. The minimum Gasteiger partial charge on any atom is -0.493 e. The minimum absolute atomic E-state index is 0.200. The summed E-state index contributed by atoms with van der Waals surface area (Å²) < 4.78 is 11.0. The summed E-state index contributed by atoms with van der Waals surface area (Å²) in [4.78, 5) is 12.1. The lowest BCUT2D eigenvalue weighted by Crippen LogP contribution is -2.08. The van der Waals surface area contributed by atoms with Gasteiger partial charge < -0.3 is 14.5 Å². The van der Waals surface area contributed by atoms with E-state index in [1.807, 2.05) is 56.3 Å². The molecule has 4 nitrogen and oxygen atoms in total. The van der Waals surface area contributed by atoms with Crippen molar-refractivity contribution in [1.29, 1.82) is 0 Å².